The molecule has 0 fully saturated rings. The lowest BCUT2D eigenvalue weighted by Crippen LogP contribution is -2.35. The summed E-state index contributed by atoms with van der Waals surface area (Å²) >= 11 is 0. The second-order valence-electron chi connectivity index (χ2n) is 11.5. The molecule has 0 aromatic carbocycles. The van der Waals surface area contributed by atoms with Crippen LogP contribution in [0.25, 0.3) is 0 Å². The zero-order valence-corrected chi connectivity index (χ0v) is 22.5. The highest BCUT2D eigenvalue weighted by Crippen LogP contribution is 2.23. The largest absolute Gasteiger partial charge is 0.462 e. The lowest BCUT2D eigenvalue weighted by molar-refractivity contribution is -0.143. The fourth-order valence-electron chi connectivity index (χ4n) is 2.18. The predicted molar refractivity (Wildman–Crippen MR) is 127 cm³/mol. The third-order valence-corrected chi connectivity index (χ3v) is 8.49. The normalized spacial score (nSPS) is 14.5. The number of aliphatic hydroxyl groups excluding tert-OH is 2. The molecule has 6 nitrogen and oxygen atoms in total. The average molecular weight is 459 g/mol. The highest BCUT2D eigenvalue weighted by molar-refractivity contribution is 6.88. The van der Waals surface area contributed by atoms with Crippen LogP contribution in [0.4, 0.5) is 0 Å². The smallest absolute Gasteiger partial charge is 0.329 e. The minimum Gasteiger partial charge on any atom is -0.462 e. The first kappa shape index (κ1) is 28.8. The number of hydrogen-bond acceptors (Lipinski definition) is 6. The zero-order valence-electron chi connectivity index (χ0n) is 20.5. The van der Waals surface area contributed by atoms with Crippen LogP contribution in [-0.2, 0) is 19.1 Å². The fourth-order valence-corrected chi connectivity index (χ4v) is 4.72. The topological polar surface area (TPSA) is 93.1 Å². The van der Waals surface area contributed by atoms with Gasteiger partial charge in [0.15, 0.2) is 0 Å². The van der Waals surface area contributed by atoms with Crippen LogP contribution < -0.4 is 0 Å². The van der Waals surface area contributed by atoms with Gasteiger partial charge in [0.05, 0.1) is 42.6 Å². The van der Waals surface area contributed by atoms with Gasteiger partial charge in [-0.3, -0.25) is 0 Å². The van der Waals surface area contributed by atoms with Crippen molar-refractivity contribution < 1.29 is 29.3 Å². The van der Waals surface area contributed by atoms with Gasteiger partial charge in [0.1, 0.15) is 0 Å². The van der Waals surface area contributed by atoms with Crippen molar-refractivity contribution >= 4 is 28.1 Å². The van der Waals surface area contributed by atoms with E-state index < -0.39 is 38.9 Å². The van der Waals surface area contributed by atoms with E-state index in [1.807, 2.05) is 67.0 Å². The van der Waals surface area contributed by atoms with Crippen LogP contribution in [0.1, 0.15) is 27.7 Å². The van der Waals surface area contributed by atoms with Crippen LogP contribution in [-0.4, -0.2) is 64.7 Å². The number of rotatable bonds is 11. The molecule has 174 valence electrons. The van der Waals surface area contributed by atoms with Crippen molar-refractivity contribution in [2.24, 2.45) is 10.8 Å². The summed E-state index contributed by atoms with van der Waals surface area (Å²) in [6.07, 6.45) is 3.43. The van der Waals surface area contributed by atoms with Gasteiger partial charge in [-0.2, -0.15) is 0 Å². The summed E-state index contributed by atoms with van der Waals surface area (Å²) < 4.78 is 11.0. The van der Waals surface area contributed by atoms with Crippen molar-refractivity contribution in [3.8, 4) is 0 Å². The molecule has 0 aromatic heterocycles. The van der Waals surface area contributed by atoms with Gasteiger partial charge < -0.3 is 19.7 Å². The van der Waals surface area contributed by atoms with Crippen molar-refractivity contribution in [2.75, 3.05) is 26.4 Å². The van der Waals surface area contributed by atoms with Crippen LogP contribution in [0.3, 0.4) is 0 Å². The van der Waals surface area contributed by atoms with E-state index >= 15 is 0 Å². The Morgan fingerprint density at radius 1 is 0.700 bits per heavy atom. The maximum absolute atomic E-state index is 12.8. The third-order valence-electron chi connectivity index (χ3n) is 4.52. The van der Waals surface area contributed by atoms with Crippen molar-refractivity contribution in [3.63, 3.8) is 0 Å². The van der Waals surface area contributed by atoms with Crippen molar-refractivity contribution in [3.05, 3.63) is 22.5 Å². The fraction of sp³-hybridized carbons (Fsp3) is 0.727. The number of allylic oxidation sites excluding steroid dienone is 2. The number of carbonyl (C=O) groups is 2. The van der Waals surface area contributed by atoms with E-state index in [9.17, 15) is 19.8 Å². The minimum absolute atomic E-state index is 0.0814. The molecule has 0 spiro atoms. The van der Waals surface area contributed by atoms with Crippen LogP contribution in [0.2, 0.25) is 39.3 Å². The molecule has 0 unspecified atom stereocenters. The molecule has 0 saturated heterocycles. The lowest BCUT2D eigenvalue weighted by atomic mass is 9.97. The van der Waals surface area contributed by atoms with Gasteiger partial charge >= 0.3 is 11.9 Å². The first-order valence-corrected chi connectivity index (χ1v) is 17.4. The molecule has 0 atom stereocenters. The summed E-state index contributed by atoms with van der Waals surface area (Å²) in [5.74, 6) is -0.812. The lowest BCUT2D eigenvalue weighted by Gasteiger charge is -2.25. The van der Waals surface area contributed by atoms with Gasteiger partial charge in [0.25, 0.3) is 0 Å². The van der Waals surface area contributed by atoms with Gasteiger partial charge in [-0.05, 0) is 0 Å². The number of esters is 2. The van der Waals surface area contributed by atoms with Crippen molar-refractivity contribution in [1.29, 1.82) is 0 Å². The quantitative estimate of drug-likeness (QED) is 0.212. The first-order valence-electron chi connectivity index (χ1n) is 10.4. The SMILES string of the molecule is CC(C)(CO)COC(=O)/C(=C/C=C(/C(=O)OCC(C)(C)CO)[Si](C)(C)C)[Si](C)(C)C. The number of aliphatic hydroxyl groups is 2. The molecule has 0 aliphatic rings. The van der Waals surface area contributed by atoms with E-state index in [4.69, 9.17) is 9.47 Å². The Morgan fingerprint density at radius 2 is 0.967 bits per heavy atom. The molecule has 0 rings (SSSR count). The molecule has 0 radical (unpaired) electrons. The Balaban J connectivity index is 5.85. The Hall–Kier alpha value is -1.23. The van der Waals surface area contributed by atoms with Crippen LogP contribution in [0, 0.1) is 10.8 Å². The molecule has 30 heavy (non-hydrogen) atoms. The standard InChI is InChI=1S/C22H42O6Si2/c1-21(2,13-23)15-27-19(25)17(29(5,6)7)11-12-18(30(8,9)10)20(26)28-16-22(3,4)14-24/h11-12,23-24H,13-16H2,1-10H3/b17-11-,18-12-. The second kappa shape index (κ2) is 10.9. The molecule has 0 aliphatic carbocycles. The monoisotopic (exact) mass is 458 g/mol. The highest BCUT2D eigenvalue weighted by atomic mass is 28.3. The molecule has 8 heteroatoms. The molecule has 0 aliphatic heterocycles. The van der Waals surface area contributed by atoms with Gasteiger partial charge in [0, 0.05) is 21.2 Å². The predicted octanol–water partition coefficient (Wildman–Crippen LogP) is 3.72. The third kappa shape index (κ3) is 10.2. The molecule has 0 bridgehead atoms. The number of carbonyl (C=O) groups excluding carboxylic acids is 2. The summed E-state index contributed by atoms with van der Waals surface area (Å²) in [5.41, 5.74) is -1.02. The first-order chi connectivity index (χ1) is 13.4. The zero-order chi connectivity index (χ0) is 24.0. The summed E-state index contributed by atoms with van der Waals surface area (Å²) in [4.78, 5) is 25.6. The van der Waals surface area contributed by atoms with Gasteiger partial charge in [-0.1, -0.05) is 79.1 Å². The van der Waals surface area contributed by atoms with Gasteiger partial charge in [-0.25, -0.2) is 9.59 Å². The van der Waals surface area contributed by atoms with E-state index in [0.717, 1.165) is 0 Å². The molecule has 0 heterocycles. The summed E-state index contributed by atoms with van der Waals surface area (Å²) in [6, 6.07) is 0. The van der Waals surface area contributed by atoms with Crippen molar-refractivity contribution in [2.45, 2.75) is 67.0 Å². The molecular weight excluding hydrogens is 416 g/mol. The second-order valence-corrected chi connectivity index (χ2v) is 21.5. The summed E-state index contributed by atoms with van der Waals surface area (Å²) in [6.45, 7) is 19.6. The molecule has 0 amide bonds. The van der Waals surface area contributed by atoms with E-state index in [2.05, 4.69) is 0 Å². The summed E-state index contributed by atoms with van der Waals surface area (Å²) in [5, 5.41) is 19.9. The Morgan fingerprint density at radius 3 is 1.17 bits per heavy atom. The maximum Gasteiger partial charge on any atom is 0.329 e. The maximum atomic E-state index is 12.8. The van der Waals surface area contributed by atoms with E-state index in [-0.39, 0.29) is 26.4 Å². The van der Waals surface area contributed by atoms with E-state index in [0.29, 0.717) is 10.4 Å². The van der Waals surface area contributed by atoms with Crippen LogP contribution in [0.15, 0.2) is 22.5 Å². The van der Waals surface area contributed by atoms with Crippen molar-refractivity contribution in [1.82, 2.24) is 0 Å². The minimum atomic E-state index is -2.06. The Kier molecular flexibility index (Phi) is 10.4. The Labute approximate surface area is 184 Å². The van der Waals surface area contributed by atoms with E-state index in [1.165, 1.54) is 0 Å². The van der Waals surface area contributed by atoms with E-state index in [1.54, 1.807) is 12.2 Å². The average Bonchev–Trinajstić information content (AvgIpc) is 2.59. The Bertz CT molecular complexity index is 606. The number of ether oxygens (including phenoxy) is 2. The van der Waals surface area contributed by atoms with Crippen LogP contribution in [0.5, 0.6) is 0 Å². The van der Waals surface area contributed by atoms with Gasteiger partial charge in [-0.15, -0.1) is 0 Å². The molecule has 2 N–H and O–H groups in total. The summed E-state index contributed by atoms with van der Waals surface area (Å²) in [7, 11) is -4.12. The molecule has 0 saturated carbocycles. The van der Waals surface area contributed by atoms with Crippen LogP contribution >= 0.6 is 0 Å². The molecular formula is C22H42O6Si2. The number of hydrogen-bond donors (Lipinski definition) is 2. The molecule has 0 aromatic rings. The highest BCUT2D eigenvalue weighted by Gasteiger charge is 2.31. The van der Waals surface area contributed by atoms with Gasteiger partial charge in [0.2, 0.25) is 0 Å².